The molecule has 1 unspecified atom stereocenters. The number of ether oxygens (including phenoxy) is 3. The maximum Gasteiger partial charge on any atom is 0.290 e. The second kappa shape index (κ2) is 15.5. The lowest BCUT2D eigenvalue weighted by Crippen LogP contribution is -2.16. The summed E-state index contributed by atoms with van der Waals surface area (Å²) in [7, 11) is 1.00. The molecule has 8 heteroatoms. The summed E-state index contributed by atoms with van der Waals surface area (Å²) in [6, 6.07) is 20.7. The summed E-state index contributed by atoms with van der Waals surface area (Å²) >= 11 is 0. The summed E-state index contributed by atoms with van der Waals surface area (Å²) in [5, 5.41) is 14.9. The number of rotatable bonds is 9. The maximum atomic E-state index is 8.36. The van der Waals surface area contributed by atoms with Crippen molar-refractivity contribution in [3.8, 4) is 22.6 Å². The Morgan fingerprint density at radius 1 is 1.00 bits per heavy atom. The molecule has 0 bridgehead atoms. The van der Waals surface area contributed by atoms with Gasteiger partial charge in [-0.3, -0.25) is 4.79 Å². The lowest BCUT2D eigenvalue weighted by atomic mass is 10.00. The fraction of sp³-hybridized carbons (Fsp3) is 0.323. The van der Waals surface area contributed by atoms with Crippen molar-refractivity contribution < 1.29 is 33.6 Å². The first-order valence-electron chi connectivity index (χ1n) is 13.0. The second-order valence-electron chi connectivity index (χ2n) is 8.82. The van der Waals surface area contributed by atoms with Crippen LogP contribution in [0.1, 0.15) is 36.5 Å². The van der Waals surface area contributed by atoms with Gasteiger partial charge in [0.2, 0.25) is 0 Å². The molecular weight excluding hydrogens is 498 g/mol. The number of aliphatic hydroxyl groups is 1. The predicted molar refractivity (Wildman–Crippen MR) is 151 cm³/mol. The van der Waals surface area contributed by atoms with Gasteiger partial charge in [-0.15, -0.1) is 0 Å². The molecule has 4 N–H and O–H groups in total. The summed E-state index contributed by atoms with van der Waals surface area (Å²) < 4.78 is 24.2. The van der Waals surface area contributed by atoms with E-state index in [1.54, 1.807) is 6.26 Å². The van der Waals surface area contributed by atoms with Crippen LogP contribution in [0.25, 0.3) is 22.1 Å². The normalized spacial score (nSPS) is 14.1. The number of hydrogen-bond acceptors (Lipinski definition) is 7. The molecule has 208 valence electrons. The van der Waals surface area contributed by atoms with Crippen LogP contribution in [-0.2, 0) is 29.1 Å². The van der Waals surface area contributed by atoms with Crippen LogP contribution in [0, 0.1) is 0 Å². The number of hydrogen-bond donors (Lipinski definition) is 3. The number of fused-ring (bicyclic) bond motifs is 1. The van der Waals surface area contributed by atoms with Gasteiger partial charge < -0.3 is 34.6 Å². The first-order valence-corrected chi connectivity index (χ1v) is 13.0. The van der Waals surface area contributed by atoms with E-state index in [0.717, 1.165) is 77.7 Å². The zero-order valence-corrected chi connectivity index (χ0v) is 22.5. The third kappa shape index (κ3) is 7.83. The van der Waals surface area contributed by atoms with Gasteiger partial charge in [0.1, 0.15) is 19.0 Å². The molecular formula is C31H37NO7. The maximum absolute atomic E-state index is 8.36. The molecule has 5 rings (SSSR count). The quantitative estimate of drug-likeness (QED) is 0.238. The molecule has 0 saturated carbocycles. The van der Waals surface area contributed by atoms with E-state index in [1.807, 2.05) is 36.4 Å². The smallest absolute Gasteiger partial charge is 0.290 e. The minimum Gasteiger partial charge on any atom is -0.488 e. The molecule has 0 radical (unpaired) electrons. The van der Waals surface area contributed by atoms with E-state index in [4.69, 9.17) is 39.4 Å². The molecule has 1 atom stereocenters. The second-order valence-corrected chi connectivity index (χ2v) is 8.82. The van der Waals surface area contributed by atoms with Gasteiger partial charge in [0.05, 0.1) is 12.4 Å². The highest BCUT2D eigenvalue weighted by Gasteiger charge is 2.19. The van der Waals surface area contributed by atoms with Crippen molar-refractivity contribution in [3.63, 3.8) is 0 Å². The van der Waals surface area contributed by atoms with E-state index in [0.29, 0.717) is 19.8 Å². The molecule has 1 aliphatic rings. The molecule has 2 heterocycles. The highest BCUT2D eigenvalue weighted by Crippen LogP contribution is 2.37. The highest BCUT2D eigenvalue weighted by atomic mass is 16.5. The molecule has 1 aliphatic heterocycles. The van der Waals surface area contributed by atoms with Crippen LogP contribution < -0.4 is 15.2 Å². The summed E-state index contributed by atoms with van der Waals surface area (Å²) in [6.45, 7) is 4.12. The van der Waals surface area contributed by atoms with Crippen LogP contribution in [0.2, 0.25) is 0 Å². The third-order valence-electron chi connectivity index (χ3n) is 6.40. The highest BCUT2D eigenvalue weighted by molar-refractivity contribution is 5.91. The minimum atomic E-state index is -0.250. The number of benzene rings is 3. The Morgan fingerprint density at radius 3 is 2.51 bits per heavy atom. The minimum absolute atomic E-state index is 0.127. The van der Waals surface area contributed by atoms with Crippen molar-refractivity contribution in [3.05, 3.63) is 83.6 Å². The number of nitrogens with two attached hydrogens (primary N) is 1. The van der Waals surface area contributed by atoms with Crippen LogP contribution in [0.5, 0.6) is 11.5 Å². The van der Waals surface area contributed by atoms with Crippen molar-refractivity contribution in [2.24, 2.45) is 5.73 Å². The van der Waals surface area contributed by atoms with Crippen LogP contribution in [0.3, 0.4) is 0 Å². The van der Waals surface area contributed by atoms with Gasteiger partial charge in [-0.1, -0.05) is 43.3 Å². The Morgan fingerprint density at radius 2 is 1.79 bits per heavy atom. The van der Waals surface area contributed by atoms with Crippen molar-refractivity contribution >= 4 is 17.4 Å². The molecule has 0 spiro atoms. The molecule has 39 heavy (non-hydrogen) atoms. The first-order chi connectivity index (χ1) is 19.2. The van der Waals surface area contributed by atoms with E-state index in [2.05, 4.69) is 31.2 Å². The first kappa shape index (κ1) is 29.7. The zero-order chi connectivity index (χ0) is 28.0. The van der Waals surface area contributed by atoms with E-state index in [1.165, 1.54) is 5.56 Å². The Kier molecular flexibility index (Phi) is 11.8. The zero-order valence-electron chi connectivity index (χ0n) is 22.5. The molecule has 0 aliphatic carbocycles. The molecule has 8 nitrogen and oxygen atoms in total. The molecule has 4 aromatic rings. The molecule has 1 saturated heterocycles. The number of aryl methyl sites for hydroxylation is 1. The van der Waals surface area contributed by atoms with Crippen LogP contribution >= 0.6 is 0 Å². The number of carboxylic acid groups (broad SMARTS) is 1. The van der Waals surface area contributed by atoms with Gasteiger partial charge in [0.25, 0.3) is 6.47 Å². The van der Waals surface area contributed by atoms with Gasteiger partial charge in [-0.2, -0.15) is 0 Å². The predicted octanol–water partition coefficient (Wildman–Crippen LogP) is 5.57. The van der Waals surface area contributed by atoms with Gasteiger partial charge >= 0.3 is 0 Å². The average molecular weight is 536 g/mol. The lowest BCUT2D eigenvalue weighted by Gasteiger charge is -2.14. The fourth-order valence-corrected chi connectivity index (χ4v) is 4.47. The molecule has 1 fully saturated rings. The topological polar surface area (TPSA) is 124 Å². The summed E-state index contributed by atoms with van der Waals surface area (Å²) in [6.07, 6.45) is 4.93. The Balaban J connectivity index is 0.000000787. The lowest BCUT2D eigenvalue weighted by molar-refractivity contribution is -0.122. The summed E-state index contributed by atoms with van der Waals surface area (Å²) in [5.41, 5.74) is 12.0. The molecule has 3 aromatic carbocycles. The van der Waals surface area contributed by atoms with Crippen molar-refractivity contribution in [1.29, 1.82) is 0 Å². The average Bonchev–Trinajstić information content (AvgIpc) is 3.66. The summed E-state index contributed by atoms with van der Waals surface area (Å²) in [4.78, 5) is 8.36. The fourth-order valence-electron chi connectivity index (χ4n) is 4.47. The van der Waals surface area contributed by atoms with Crippen LogP contribution in [0.15, 0.2) is 71.3 Å². The van der Waals surface area contributed by atoms with Crippen molar-refractivity contribution in [1.82, 2.24) is 0 Å². The Labute approximate surface area is 228 Å². The van der Waals surface area contributed by atoms with Gasteiger partial charge in [0.15, 0.2) is 11.3 Å². The van der Waals surface area contributed by atoms with E-state index < -0.39 is 0 Å². The number of carbonyl (C=O) groups is 1. The van der Waals surface area contributed by atoms with Crippen LogP contribution in [-0.4, -0.2) is 43.1 Å². The monoisotopic (exact) mass is 535 g/mol. The largest absolute Gasteiger partial charge is 0.488 e. The molecule has 1 aromatic heterocycles. The van der Waals surface area contributed by atoms with Gasteiger partial charge in [-0.25, -0.2) is 0 Å². The number of aliphatic hydroxyl groups excluding tert-OH is 1. The van der Waals surface area contributed by atoms with Crippen LogP contribution in [0.4, 0.5) is 0 Å². The SMILES string of the molecule is CCc1ccccc1OCc1coc2c(OCC3CCCO3)cc(-c3cccc(CN)c3)cc12.CO.O=CO. The number of para-hydroxylation sites is 1. The Hall–Kier alpha value is -3.85. The van der Waals surface area contributed by atoms with Crippen molar-refractivity contribution in [2.75, 3.05) is 20.3 Å². The molecule has 0 amide bonds. The standard InChI is InChI=1S/C29H31NO4.CH2O2.CH4O/c1-2-21-8-3-4-11-27(21)32-17-24-18-34-29-26(24)14-23(22-9-5-7-20(13-22)16-30)15-28(29)33-19-25-10-6-12-31-25;2-1-3;1-2/h3-5,7-9,11,13-15,18,25H,2,6,10,12,16-17,19,30H2,1H3;1H,(H,2,3);2H,1H3. The van der Waals surface area contributed by atoms with E-state index >= 15 is 0 Å². The number of furan rings is 1. The summed E-state index contributed by atoms with van der Waals surface area (Å²) in [5.74, 6) is 1.63. The van der Waals surface area contributed by atoms with Crippen molar-refractivity contribution in [2.45, 2.75) is 45.4 Å². The third-order valence-corrected chi connectivity index (χ3v) is 6.40. The van der Waals surface area contributed by atoms with Gasteiger partial charge in [-0.05, 0) is 65.8 Å². The van der Waals surface area contributed by atoms with E-state index in [9.17, 15) is 0 Å². The Bertz CT molecular complexity index is 1310. The van der Waals surface area contributed by atoms with Gasteiger partial charge in [0, 0.05) is 31.2 Å². The van der Waals surface area contributed by atoms with E-state index in [-0.39, 0.29) is 12.6 Å².